The van der Waals surface area contributed by atoms with Gasteiger partial charge in [0.1, 0.15) is 11.8 Å². The average molecular weight is 388 g/mol. The Kier molecular flexibility index (Phi) is 6.29. The molecule has 5 heteroatoms. The van der Waals surface area contributed by atoms with Crippen molar-refractivity contribution in [1.82, 2.24) is 4.90 Å². The number of methoxy groups -OCH3 is 1. The largest absolute Gasteiger partial charge is 0.497 e. The highest BCUT2D eigenvalue weighted by atomic mass is 16.5. The number of amides is 2. The fraction of sp³-hybridized carbons (Fsp3) is 0.167. The molecule has 0 spiro atoms. The lowest BCUT2D eigenvalue weighted by atomic mass is 9.98. The molecule has 2 atom stereocenters. The molecule has 2 amide bonds. The normalized spacial score (nSPS) is 12.6. The maximum Gasteiger partial charge on any atom is 0.255 e. The molecule has 0 fully saturated rings. The van der Waals surface area contributed by atoms with Crippen LogP contribution in [0.3, 0.4) is 0 Å². The zero-order chi connectivity index (χ0) is 20.8. The van der Waals surface area contributed by atoms with Crippen molar-refractivity contribution in [2.75, 3.05) is 7.11 Å². The molecule has 0 aliphatic heterocycles. The van der Waals surface area contributed by atoms with E-state index in [1.807, 2.05) is 55.5 Å². The van der Waals surface area contributed by atoms with Crippen LogP contribution in [0.5, 0.6) is 5.75 Å². The summed E-state index contributed by atoms with van der Waals surface area (Å²) >= 11 is 0. The third-order valence-corrected chi connectivity index (χ3v) is 4.91. The molecule has 0 aromatic heterocycles. The van der Waals surface area contributed by atoms with Crippen LogP contribution in [0, 0.1) is 0 Å². The number of nitrogens with two attached hydrogens (primary N) is 1. The van der Waals surface area contributed by atoms with Gasteiger partial charge in [-0.2, -0.15) is 0 Å². The minimum absolute atomic E-state index is 0.270. The first-order chi connectivity index (χ1) is 14.0. The second-order valence-corrected chi connectivity index (χ2v) is 6.75. The molecule has 29 heavy (non-hydrogen) atoms. The molecule has 3 aromatic rings. The molecular formula is C24H24N2O3. The zero-order valence-electron chi connectivity index (χ0n) is 16.5. The van der Waals surface area contributed by atoms with Crippen LogP contribution in [0.15, 0.2) is 84.9 Å². The van der Waals surface area contributed by atoms with E-state index in [4.69, 9.17) is 10.5 Å². The molecule has 0 aliphatic carbocycles. The van der Waals surface area contributed by atoms with E-state index < -0.39 is 18.0 Å². The SMILES string of the molecule is COc1cccc([C@H](C)N(C(=O)c2ccccc2)[C@@H](C(N)=O)c2ccccc2)c1. The van der Waals surface area contributed by atoms with Crippen LogP contribution in [-0.4, -0.2) is 23.8 Å². The fourth-order valence-electron chi connectivity index (χ4n) is 3.41. The second-order valence-electron chi connectivity index (χ2n) is 6.75. The Labute approximate surface area is 170 Å². The first-order valence-corrected chi connectivity index (χ1v) is 9.39. The maximum absolute atomic E-state index is 13.5. The molecule has 0 saturated heterocycles. The van der Waals surface area contributed by atoms with E-state index in [1.165, 1.54) is 0 Å². The molecule has 5 nitrogen and oxygen atoms in total. The van der Waals surface area contributed by atoms with E-state index in [9.17, 15) is 9.59 Å². The van der Waals surface area contributed by atoms with E-state index in [2.05, 4.69) is 0 Å². The Hall–Kier alpha value is -3.60. The molecular weight excluding hydrogens is 364 g/mol. The number of rotatable bonds is 7. The summed E-state index contributed by atoms with van der Waals surface area (Å²) < 4.78 is 5.33. The summed E-state index contributed by atoms with van der Waals surface area (Å²) in [6.45, 7) is 1.88. The van der Waals surface area contributed by atoms with Crippen LogP contribution in [0.1, 0.15) is 40.5 Å². The van der Waals surface area contributed by atoms with Crippen LogP contribution in [0.4, 0.5) is 0 Å². The minimum Gasteiger partial charge on any atom is -0.497 e. The first kappa shape index (κ1) is 20.1. The molecule has 0 unspecified atom stereocenters. The van der Waals surface area contributed by atoms with E-state index >= 15 is 0 Å². The van der Waals surface area contributed by atoms with Crippen LogP contribution >= 0.6 is 0 Å². The monoisotopic (exact) mass is 388 g/mol. The Morgan fingerprint density at radius 1 is 0.862 bits per heavy atom. The predicted octanol–water partition coefficient (Wildman–Crippen LogP) is 4.13. The van der Waals surface area contributed by atoms with Crippen LogP contribution in [0.25, 0.3) is 0 Å². The average Bonchev–Trinajstić information content (AvgIpc) is 2.77. The van der Waals surface area contributed by atoms with Gasteiger partial charge in [-0.3, -0.25) is 9.59 Å². The topological polar surface area (TPSA) is 72.6 Å². The Bertz CT molecular complexity index is 974. The number of hydrogen-bond acceptors (Lipinski definition) is 3. The third-order valence-electron chi connectivity index (χ3n) is 4.91. The van der Waals surface area contributed by atoms with Crippen LogP contribution in [-0.2, 0) is 4.79 Å². The summed E-state index contributed by atoms with van der Waals surface area (Å²) in [6, 6.07) is 24.1. The van der Waals surface area contributed by atoms with Gasteiger partial charge in [-0.15, -0.1) is 0 Å². The van der Waals surface area contributed by atoms with Gasteiger partial charge in [0.2, 0.25) is 5.91 Å². The summed E-state index contributed by atoms with van der Waals surface area (Å²) in [5.41, 5.74) is 7.80. The summed E-state index contributed by atoms with van der Waals surface area (Å²) in [6.07, 6.45) is 0. The molecule has 0 heterocycles. The molecule has 2 N–H and O–H groups in total. The highest BCUT2D eigenvalue weighted by Crippen LogP contribution is 2.33. The van der Waals surface area contributed by atoms with E-state index in [0.717, 1.165) is 5.56 Å². The smallest absolute Gasteiger partial charge is 0.255 e. The number of carbonyl (C=O) groups excluding carboxylic acids is 2. The van der Waals surface area contributed by atoms with Gasteiger partial charge >= 0.3 is 0 Å². The summed E-state index contributed by atoms with van der Waals surface area (Å²) in [5.74, 6) is -0.180. The molecule has 0 saturated carbocycles. The van der Waals surface area contributed by atoms with Crippen molar-refractivity contribution < 1.29 is 14.3 Å². The Morgan fingerprint density at radius 2 is 1.45 bits per heavy atom. The van der Waals surface area contributed by atoms with Gasteiger partial charge in [0.25, 0.3) is 5.91 Å². The van der Waals surface area contributed by atoms with Crippen molar-refractivity contribution in [3.8, 4) is 5.75 Å². The van der Waals surface area contributed by atoms with Crippen molar-refractivity contribution in [1.29, 1.82) is 0 Å². The van der Waals surface area contributed by atoms with Gasteiger partial charge in [0.05, 0.1) is 13.2 Å². The summed E-state index contributed by atoms with van der Waals surface area (Å²) in [7, 11) is 1.59. The van der Waals surface area contributed by atoms with Crippen molar-refractivity contribution in [3.63, 3.8) is 0 Å². The summed E-state index contributed by atoms with van der Waals surface area (Å²) in [5, 5.41) is 0. The number of carbonyl (C=O) groups is 2. The molecule has 0 aliphatic rings. The van der Waals surface area contributed by atoms with Gasteiger partial charge in [0, 0.05) is 5.56 Å². The van der Waals surface area contributed by atoms with E-state index in [-0.39, 0.29) is 5.91 Å². The van der Waals surface area contributed by atoms with Gasteiger partial charge in [0.15, 0.2) is 0 Å². The predicted molar refractivity (Wildman–Crippen MR) is 112 cm³/mol. The van der Waals surface area contributed by atoms with Gasteiger partial charge in [-0.05, 0) is 42.3 Å². The quantitative estimate of drug-likeness (QED) is 0.662. The highest BCUT2D eigenvalue weighted by molar-refractivity contribution is 5.98. The highest BCUT2D eigenvalue weighted by Gasteiger charge is 2.34. The number of ether oxygens (including phenoxy) is 1. The molecule has 3 aromatic carbocycles. The second kappa shape index (κ2) is 9.06. The van der Waals surface area contributed by atoms with Gasteiger partial charge in [-0.1, -0.05) is 60.7 Å². The van der Waals surface area contributed by atoms with Crippen molar-refractivity contribution in [2.24, 2.45) is 5.73 Å². The maximum atomic E-state index is 13.5. The van der Waals surface area contributed by atoms with E-state index in [0.29, 0.717) is 16.9 Å². The lowest BCUT2D eigenvalue weighted by Gasteiger charge is -2.35. The standard InChI is InChI=1S/C24H24N2O3/c1-17(20-14-9-15-21(16-20)29-2)26(24(28)19-12-7-4-8-13-19)22(23(25)27)18-10-5-3-6-11-18/h3-17,22H,1-2H3,(H2,25,27)/t17-,22+/m0/s1. The number of primary amides is 1. The fourth-order valence-corrected chi connectivity index (χ4v) is 3.41. The van der Waals surface area contributed by atoms with Gasteiger partial charge < -0.3 is 15.4 Å². The minimum atomic E-state index is -0.912. The number of hydrogen-bond donors (Lipinski definition) is 1. The van der Waals surface area contributed by atoms with Crippen LogP contribution in [0.2, 0.25) is 0 Å². The van der Waals surface area contributed by atoms with Crippen molar-refractivity contribution in [2.45, 2.75) is 19.0 Å². The Morgan fingerprint density at radius 3 is 2.03 bits per heavy atom. The molecule has 0 radical (unpaired) electrons. The summed E-state index contributed by atoms with van der Waals surface area (Å²) in [4.78, 5) is 27.6. The lowest BCUT2D eigenvalue weighted by Crippen LogP contribution is -2.43. The first-order valence-electron chi connectivity index (χ1n) is 9.39. The van der Waals surface area contributed by atoms with E-state index in [1.54, 1.807) is 48.4 Å². The lowest BCUT2D eigenvalue weighted by molar-refractivity contribution is -0.123. The molecule has 3 rings (SSSR count). The number of nitrogens with zero attached hydrogens (tertiary/aromatic N) is 1. The Balaban J connectivity index is 2.12. The number of benzene rings is 3. The van der Waals surface area contributed by atoms with Crippen molar-refractivity contribution in [3.05, 3.63) is 102 Å². The van der Waals surface area contributed by atoms with Gasteiger partial charge in [-0.25, -0.2) is 0 Å². The molecule has 148 valence electrons. The zero-order valence-corrected chi connectivity index (χ0v) is 16.5. The third kappa shape index (κ3) is 4.46. The molecule has 0 bridgehead atoms. The van der Waals surface area contributed by atoms with Crippen molar-refractivity contribution >= 4 is 11.8 Å². The van der Waals surface area contributed by atoms with Crippen LogP contribution < -0.4 is 10.5 Å².